The Morgan fingerprint density at radius 3 is 2.16 bits per heavy atom. The van der Waals surface area contributed by atoms with Gasteiger partial charge in [0.25, 0.3) is 0 Å². The first-order chi connectivity index (χ1) is 11.5. The summed E-state index contributed by atoms with van der Waals surface area (Å²) in [7, 11) is -4.82. The maximum atomic E-state index is 12.6. The normalized spacial score (nSPS) is 12.4. The van der Waals surface area contributed by atoms with Gasteiger partial charge >= 0.3 is 7.12 Å². The van der Waals surface area contributed by atoms with E-state index in [0.717, 1.165) is 0 Å². The predicted molar refractivity (Wildman–Crippen MR) is 98.2 cm³/mol. The summed E-state index contributed by atoms with van der Waals surface area (Å²) in [5, 5.41) is 10.3. The van der Waals surface area contributed by atoms with Crippen molar-refractivity contribution in [3.63, 3.8) is 0 Å². The molecular weight excluding hydrogens is 339 g/mol. The van der Waals surface area contributed by atoms with Gasteiger partial charge in [-0.1, -0.05) is 26.0 Å². The number of rotatable bonds is 6. The van der Waals surface area contributed by atoms with Gasteiger partial charge < -0.3 is 15.4 Å². The monoisotopic (exact) mass is 362 g/mol. The SMILES string of the molecule is CC(C)C(C)(C)OB(O)c1ccc(S(=O)(=O)c2ccc(N)nc2)cc1. The Labute approximate surface area is 149 Å². The van der Waals surface area contributed by atoms with Crippen molar-refractivity contribution >= 4 is 28.2 Å². The van der Waals surface area contributed by atoms with Gasteiger partial charge in [0.15, 0.2) is 0 Å². The Morgan fingerprint density at radius 1 is 1.12 bits per heavy atom. The second-order valence-electron chi connectivity index (χ2n) is 6.72. The summed E-state index contributed by atoms with van der Waals surface area (Å²) < 4.78 is 30.8. The van der Waals surface area contributed by atoms with Crippen molar-refractivity contribution in [2.24, 2.45) is 5.92 Å². The van der Waals surface area contributed by atoms with Gasteiger partial charge in [0.2, 0.25) is 9.84 Å². The van der Waals surface area contributed by atoms with E-state index in [1.807, 2.05) is 27.7 Å². The lowest BCUT2D eigenvalue weighted by Gasteiger charge is -2.31. The highest BCUT2D eigenvalue weighted by molar-refractivity contribution is 7.91. The molecule has 0 atom stereocenters. The van der Waals surface area contributed by atoms with Crippen LogP contribution in [0.15, 0.2) is 52.4 Å². The number of benzene rings is 1. The fourth-order valence-corrected chi connectivity index (χ4v) is 3.20. The van der Waals surface area contributed by atoms with E-state index >= 15 is 0 Å². The average molecular weight is 362 g/mol. The molecule has 1 heterocycles. The summed E-state index contributed by atoms with van der Waals surface area (Å²) >= 11 is 0. The highest BCUT2D eigenvalue weighted by Crippen LogP contribution is 2.22. The molecule has 2 aromatic rings. The van der Waals surface area contributed by atoms with E-state index in [1.165, 1.54) is 30.5 Å². The number of nitrogens with zero attached hydrogens (tertiary/aromatic N) is 1. The molecule has 0 unspecified atom stereocenters. The number of sulfone groups is 1. The van der Waals surface area contributed by atoms with Crippen LogP contribution < -0.4 is 11.2 Å². The van der Waals surface area contributed by atoms with Gasteiger partial charge in [-0.25, -0.2) is 13.4 Å². The van der Waals surface area contributed by atoms with Crippen LogP contribution >= 0.6 is 0 Å². The zero-order chi connectivity index (χ0) is 18.8. The van der Waals surface area contributed by atoms with E-state index in [1.54, 1.807) is 12.1 Å². The second-order valence-corrected chi connectivity index (χ2v) is 8.67. The number of hydrogen-bond donors (Lipinski definition) is 2. The van der Waals surface area contributed by atoms with Crippen molar-refractivity contribution in [1.29, 1.82) is 0 Å². The molecule has 3 N–H and O–H groups in total. The van der Waals surface area contributed by atoms with Gasteiger partial charge in [-0.3, -0.25) is 0 Å². The Morgan fingerprint density at radius 2 is 1.68 bits per heavy atom. The van der Waals surface area contributed by atoms with E-state index in [2.05, 4.69) is 4.98 Å². The zero-order valence-corrected chi connectivity index (χ0v) is 15.6. The molecule has 0 aliphatic heterocycles. The molecule has 1 aromatic heterocycles. The molecule has 0 radical (unpaired) electrons. The topological polar surface area (TPSA) is 103 Å². The second kappa shape index (κ2) is 7.15. The van der Waals surface area contributed by atoms with Crippen molar-refractivity contribution in [1.82, 2.24) is 4.98 Å². The molecule has 2 rings (SSSR count). The molecule has 134 valence electrons. The number of anilines is 1. The summed E-state index contributed by atoms with van der Waals surface area (Å²) in [5.74, 6) is 0.460. The Hall–Kier alpha value is -1.90. The van der Waals surface area contributed by atoms with Crippen LogP contribution in [0, 0.1) is 5.92 Å². The maximum Gasteiger partial charge on any atom is 0.491 e. The fraction of sp³-hybridized carbons (Fsp3) is 0.353. The zero-order valence-electron chi connectivity index (χ0n) is 14.8. The third-order valence-electron chi connectivity index (χ3n) is 4.35. The van der Waals surface area contributed by atoms with Crippen LogP contribution in [-0.2, 0) is 14.5 Å². The van der Waals surface area contributed by atoms with Gasteiger partial charge in [0.05, 0.1) is 15.4 Å². The van der Waals surface area contributed by atoms with Crippen molar-refractivity contribution < 1.29 is 18.1 Å². The lowest BCUT2D eigenvalue weighted by molar-refractivity contribution is 0.0423. The molecule has 0 aliphatic rings. The minimum absolute atomic E-state index is 0.0622. The highest BCUT2D eigenvalue weighted by Gasteiger charge is 2.30. The molecule has 0 amide bonds. The van der Waals surface area contributed by atoms with Crippen LogP contribution in [-0.4, -0.2) is 31.1 Å². The maximum absolute atomic E-state index is 12.6. The molecule has 25 heavy (non-hydrogen) atoms. The first-order valence-corrected chi connectivity index (χ1v) is 9.45. The molecule has 0 saturated heterocycles. The van der Waals surface area contributed by atoms with Crippen molar-refractivity contribution in [3.8, 4) is 0 Å². The number of aromatic nitrogens is 1. The van der Waals surface area contributed by atoms with Crippen LogP contribution in [0.5, 0.6) is 0 Å². The lowest BCUT2D eigenvalue weighted by atomic mass is 9.77. The molecule has 1 aromatic carbocycles. The number of nitrogen functional groups attached to an aromatic ring is 1. The minimum Gasteiger partial charge on any atom is -0.423 e. The molecular formula is C17H23BN2O4S. The predicted octanol–water partition coefficient (Wildman–Crippen LogP) is 1.64. The van der Waals surface area contributed by atoms with E-state index in [4.69, 9.17) is 10.4 Å². The van der Waals surface area contributed by atoms with E-state index in [0.29, 0.717) is 5.46 Å². The van der Waals surface area contributed by atoms with Gasteiger partial charge in [-0.05, 0) is 49.5 Å². The number of nitrogens with two attached hydrogens (primary N) is 1. The lowest BCUT2D eigenvalue weighted by Crippen LogP contribution is -2.44. The quantitative estimate of drug-likeness (QED) is 0.758. The van der Waals surface area contributed by atoms with E-state index < -0.39 is 22.6 Å². The Bertz CT molecular complexity index is 819. The summed E-state index contributed by atoms with van der Waals surface area (Å²) in [6, 6.07) is 8.81. The minimum atomic E-state index is -3.69. The van der Waals surface area contributed by atoms with Crippen molar-refractivity contribution in [2.45, 2.75) is 43.1 Å². The van der Waals surface area contributed by atoms with Gasteiger partial charge in [-0.15, -0.1) is 0 Å². The summed E-state index contributed by atoms with van der Waals surface area (Å²) in [6.07, 6.45) is 1.22. The van der Waals surface area contributed by atoms with Gasteiger partial charge in [-0.2, -0.15) is 0 Å². The van der Waals surface area contributed by atoms with Crippen molar-refractivity contribution in [3.05, 3.63) is 42.6 Å². The van der Waals surface area contributed by atoms with Crippen LogP contribution in [0.2, 0.25) is 0 Å². The molecule has 0 aliphatic carbocycles. The largest absolute Gasteiger partial charge is 0.491 e. The standard InChI is InChI=1S/C17H23BN2O4S/c1-12(2)17(3,4)24-18(21)13-5-7-14(8-6-13)25(22,23)15-9-10-16(19)20-11-15/h5-12,21H,1-4H3,(H2,19,20). The van der Waals surface area contributed by atoms with Crippen LogP contribution in [0.25, 0.3) is 0 Å². The third-order valence-corrected chi connectivity index (χ3v) is 6.11. The summed E-state index contributed by atoms with van der Waals surface area (Å²) in [5.41, 5.74) is 5.46. The highest BCUT2D eigenvalue weighted by atomic mass is 32.2. The van der Waals surface area contributed by atoms with E-state index in [9.17, 15) is 13.4 Å². The Kier molecular flexibility index (Phi) is 5.56. The van der Waals surface area contributed by atoms with Crippen LogP contribution in [0.4, 0.5) is 5.82 Å². The smallest absolute Gasteiger partial charge is 0.423 e. The van der Waals surface area contributed by atoms with Crippen LogP contribution in [0.3, 0.4) is 0 Å². The molecule has 0 fully saturated rings. The summed E-state index contributed by atoms with van der Waals surface area (Å²) in [4.78, 5) is 3.98. The Balaban J connectivity index is 2.23. The average Bonchev–Trinajstić information content (AvgIpc) is 2.55. The van der Waals surface area contributed by atoms with Crippen LogP contribution in [0.1, 0.15) is 27.7 Å². The fourth-order valence-electron chi connectivity index (χ4n) is 1.99. The third kappa shape index (κ3) is 4.39. The van der Waals surface area contributed by atoms with E-state index in [-0.39, 0.29) is 21.5 Å². The molecule has 0 spiro atoms. The first kappa shape index (κ1) is 19.4. The molecule has 8 heteroatoms. The molecule has 0 bridgehead atoms. The molecule has 0 saturated carbocycles. The first-order valence-electron chi connectivity index (χ1n) is 7.96. The van der Waals surface area contributed by atoms with Gasteiger partial charge in [0.1, 0.15) is 5.82 Å². The summed E-state index contributed by atoms with van der Waals surface area (Å²) in [6.45, 7) is 7.80. The molecule has 6 nitrogen and oxygen atoms in total. The number of hydrogen-bond acceptors (Lipinski definition) is 6. The van der Waals surface area contributed by atoms with Crippen molar-refractivity contribution in [2.75, 3.05) is 5.73 Å². The number of pyridine rings is 1. The van der Waals surface area contributed by atoms with Gasteiger partial charge in [0, 0.05) is 6.20 Å².